The Hall–Kier alpha value is -1.06. The van der Waals surface area contributed by atoms with Crippen LogP contribution in [-0.4, -0.2) is 34.3 Å². The lowest BCUT2D eigenvalue weighted by Gasteiger charge is -2.48. The molecule has 118 valence electrons. The second-order valence-electron chi connectivity index (χ2n) is 7.83. The molecule has 3 aliphatic rings. The van der Waals surface area contributed by atoms with E-state index in [1.165, 1.54) is 25.7 Å². The largest absolute Gasteiger partial charge is 0.340 e. The molecule has 0 aromatic heterocycles. The van der Waals surface area contributed by atoms with Gasteiger partial charge in [0.05, 0.1) is 0 Å². The number of piperazine rings is 1. The minimum absolute atomic E-state index is 0.0112. The van der Waals surface area contributed by atoms with Crippen molar-refractivity contribution in [1.82, 2.24) is 10.2 Å². The van der Waals surface area contributed by atoms with E-state index in [2.05, 4.69) is 12.2 Å². The fourth-order valence-corrected chi connectivity index (χ4v) is 4.98. The minimum atomic E-state index is -0.769. The molecule has 0 radical (unpaired) electrons. The van der Waals surface area contributed by atoms with Gasteiger partial charge in [0, 0.05) is 6.04 Å². The summed E-state index contributed by atoms with van der Waals surface area (Å²) in [6.07, 6.45) is 5.95. The van der Waals surface area contributed by atoms with Crippen LogP contribution in [0.25, 0.3) is 0 Å². The fourth-order valence-electron chi connectivity index (χ4n) is 4.98. The van der Waals surface area contributed by atoms with Crippen LogP contribution < -0.4 is 5.32 Å². The maximum absolute atomic E-state index is 12.9. The summed E-state index contributed by atoms with van der Waals surface area (Å²) in [5, 5.41) is 2.89. The van der Waals surface area contributed by atoms with Gasteiger partial charge in [-0.25, -0.2) is 0 Å². The van der Waals surface area contributed by atoms with E-state index in [4.69, 9.17) is 0 Å². The predicted molar refractivity (Wildman–Crippen MR) is 81.5 cm³/mol. The van der Waals surface area contributed by atoms with E-state index < -0.39 is 5.54 Å². The first-order valence-corrected chi connectivity index (χ1v) is 8.50. The summed E-state index contributed by atoms with van der Waals surface area (Å²) in [5.41, 5.74) is -0.769. The van der Waals surface area contributed by atoms with Crippen molar-refractivity contribution in [2.45, 2.75) is 77.4 Å². The number of carbonyl (C=O) groups is 2. The molecule has 4 heteroatoms. The molecule has 1 heterocycles. The molecule has 0 spiro atoms. The summed E-state index contributed by atoms with van der Waals surface area (Å²) < 4.78 is 0. The van der Waals surface area contributed by atoms with E-state index in [1.54, 1.807) is 0 Å². The Morgan fingerprint density at radius 3 is 2.52 bits per heavy atom. The van der Waals surface area contributed by atoms with Crippen molar-refractivity contribution >= 4 is 11.8 Å². The third-order valence-electron chi connectivity index (χ3n) is 6.08. The fraction of sp³-hybridized carbons (Fsp3) is 0.882. The summed E-state index contributed by atoms with van der Waals surface area (Å²) >= 11 is 0. The van der Waals surface area contributed by atoms with Crippen LogP contribution in [0.15, 0.2) is 0 Å². The zero-order valence-corrected chi connectivity index (χ0v) is 13.7. The maximum atomic E-state index is 12.9. The summed E-state index contributed by atoms with van der Waals surface area (Å²) in [4.78, 5) is 27.2. The van der Waals surface area contributed by atoms with Gasteiger partial charge >= 0.3 is 0 Å². The molecule has 3 fully saturated rings. The van der Waals surface area contributed by atoms with Crippen LogP contribution >= 0.6 is 0 Å². The van der Waals surface area contributed by atoms with Crippen LogP contribution in [-0.2, 0) is 9.59 Å². The van der Waals surface area contributed by atoms with E-state index in [0.717, 1.165) is 11.8 Å². The molecule has 0 aromatic carbocycles. The molecule has 2 amide bonds. The first kappa shape index (κ1) is 14.9. The van der Waals surface area contributed by atoms with E-state index in [9.17, 15) is 9.59 Å². The van der Waals surface area contributed by atoms with Crippen molar-refractivity contribution in [2.24, 2.45) is 17.8 Å². The van der Waals surface area contributed by atoms with Crippen LogP contribution in [0.4, 0.5) is 0 Å². The van der Waals surface area contributed by atoms with Crippen molar-refractivity contribution in [3.05, 3.63) is 0 Å². The average Bonchev–Trinajstić information content (AvgIpc) is 3.03. The molecule has 2 bridgehead atoms. The van der Waals surface area contributed by atoms with Gasteiger partial charge in [0.25, 0.3) is 0 Å². The van der Waals surface area contributed by atoms with Crippen LogP contribution in [0.1, 0.15) is 59.8 Å². The molecule has 1 saturated heterocycles. The summed E-state index contributed by atoms with van der Waals surface area (Å²) in [6, 6.07) is -0.109. The summed E-state index contributed by atoms with van der Waals surface area (Å²) in [7, 11) is 0. The van der Waals surface area contributed by atoms with Crippen molar-refractivity contribution in [3.63, 3.8) is 0 Å². The van der Waals surface area contributed by atoms with Crippen molar-refractivity contribution in [3.8, 4) is 0 Å². The molecule has 4 nitrogen and oxygen atoms in total. The Bertz CT molecular complexity index is 460. The van der Waals surface area contributed by atoms with Crippen LogP contribution in [0.2, 0.25) is 0 Å². The van der Waals surface area contributed by atoms with Crippen molar-refractivity contribution < 1.29 is 9.59 Å². The van der Waals surface area contributed by atoms with Gasteiger partial charge in [0.1, 0.15) is 11.6 Å². The highest BCUT2D eigenvalue weighted by Gasteiger charge is 2.50. The molecule has 5 unspecified atom stereocenters. The van der Waals surface area contributed by atoms with E-state index in [1.807, 2.05) is 25.7 Å². The number of hydrogen-bond acceptors (Lipinski definition) is 2. The molecule has 2 saturated carbocycles. The van der Waals surface area contributed by atoms with Gasteiger partial charge < -0.3 is 10.2 Å². The minimum Gasteiger partial charge on any atom is -0.340 e. The number of carbonyl (C=O) groups excluding carboxylic acids is 2. The number of rotatable bonds is 3. The highest BCUT2D eigenvalue weighted by molar-refractivity contribution is 5.99. The lowest BCUT2D eigenvalue weighted by molar-refractivity contribution is -0.158. The smallest absolute Gasteiger partial charge is 0.248 e. The van der Waals surface area contributed by atoms with Gasteiger partial charge in [0.15, 0.2) is 0 Å². The van der Waals surface area contributed by atoms with E-state index in [0.29, 0.717) is 12.3 Å². The molecule has 5 atom stereocenters. The van der Waals surface area contributed by atoms with Crippen LogP contribution in [0.3, 0.4) is 0 Å². The summed E-state index contributed by atoms with van der Waals surface area (Å²) in [5.74, 6) is 2.32. The number of nitrogens with zero attached hydrogens (tertiary/aromatic N) is 1. The predicted octanol–water partition coefficient (Wildman–Crippen LogP) is 2.33. The van der Waals surface area contributed by atoms with Crippen LogP contribution in [0.5, 0.6) is 0 Å². The Morgan fingerprint density at radius 1 is 1.29 bits per heavy atom. The number of hydrogen-bond donors (Lipinski definition) is 1. The monoisotopic (exact) mass is 292 g/mol. The third kappa shape index (κ3) is 2.27. The highest BCUT2D eigenvalue weighted by atomic mass is 16.2. The molecule has 2 aliphatic carbocycles. The average molecular weight is 292 g/mol. The Morgan fingerprint density at radius 2 is 2.00 bits per heavy atom. The quantitative estimate of drug-likeness (QED) is 0.868. The topological polar surface area (TPSA) is 49.4 Å². The first-order chi connectivity index (χ1) is 9.85. The lowest BCUT2D eigenvalue weighted by Crippen LogP contribution is -2.70. The number of amides is 2. The lowest BCUT2D eigenvalue weighted by atomic mass is 9.81. The Labute approximate surface area is 127 Å². The zero-order chi connectivity index (χ0) is 15.4. The molecule has 3 rings (SSSR count). The third-order valence-corrected chi connectivity index (χ3v) is 6.08. The van der Waals surface area contributed by atoms with Gasteiger partial charge in [-0.05, 0) is 64.2 Å². The normalized spacial score (nSPS) is 39.5. The van der Waals surface area contributed by atoms with E-state index >= 15 is 0 Å². The Balaban J connectivity index is 1.86. The molecular formula is C17H28N2O2. The summed E-state index contributed by atoms with van der Waals surface area (Å²) in [6.45, 7) is 7.80. The van der Waals surface area contributed by atoms with Crippen LogP contribution in [0, 0.1) is 17.8 Å². The number of fused-ring (bicyclic) bond motifs is 2. The molecule has 21 heavy (non-hydrogen) atoms. The molecule has 0 aromatic rings. The molecule has 1 aliphatic heterocycles. The second kappa shape index (κ2) is 4.99. The first-order valence-electron chi connectivity index (χ1n) is 8.50. The maximum Gasteiger partial charge on any atom is 0.248 e. The second-order valence-corrected chi connectivity index (χ2v) is 7.83. The standard InChI is InChI=1S/C17H28N2O2/c1-5-14-15(20)18-17(3,4)16(21)19(14)10(2)13-9-11-6-7-12(13)8-11/h10-14H,5-9H2,1-4H3,(H,18,20). The van der Waals surface area contributed by atoms with Crippen molar-refractivity contribution in [2.75, 3.05) is 0 Å². The van der Waals surface area contributed by atoms with Gasteiger partial charge in [0.2, 0.25) is 11.8 Å². The van der Waals surface area contributed by atoms with Gasteiger partial charge in [-0.15, -0.1) is 0 Å². The van der Waals surface area contributed by atoms with Crippen molar-refractivity contribution in [1.29, 1.82) is 0 Å². The number of nitrogens with one attached hydrogen (secondary N) is 1. The Kier molecular flexibility index (Phi) is 3.53. The van der Waals surface area contributed by atoms with E-state index in [-0.39, 0.29) is 23.9 Å². The zero-order valence-electron chi connectivity index (χ0n) is 13.7. The highest BCUT2D eigenvalue weighted by Crippen LogP contribution is 2.50. The van der Waals surface area contributed by atoms with Gasteiger partial charge in [-0.3, -0.25) is 9.59 Å². The molecular weight excluding hydrogens is 264 g/mol. The van der Waals surface area contributed by atoms with Gasteiger partial charge in [-0.2, -0.15) is 0 Å². The SMILES string of the molecule is CCC1C(=O)NC(C)(C)C(=O)N1C(C)C1CC2CCC1C2. The van der Waals surface area contributed by atoms with Gasteiger partial charge in [-0.1, -0.05) is 13.3 Å². The molecule has 1 N–H and O–H groups in total.